The zero-order valence-electron chi connectivity index (χ0n) is 16.1. The Morgan fingerprint density at radius 1 is 1.07 bits per heavy atom. The van der Waals surface area contributed by atoms with E-state index in [4.69, 9.17) is 18.9 Å². The zero-order chi connectivity index (χ0) is 18.5. The molecule has 1 atom stereocenters. The van der Waals surface area contributed by atoms with Gasteiger partial charge in [-0.25, -0.2) is 0 Å². The van der Waals surface area contributed by atoms with Gasteiger partial charge in [0.1, 0.15) is 0 Å². The van der Waals surface area contributed by atoms with Crippen molar-refractivity contribution < 1.29 is 18.9 Å². The maximum atomic E-state index is 5.69. The van der Waals surface area contributed by atoms with Crippen LogP contribution in [-0.4, -0.2) is 32.5 Å². The second-order valence-corrected chi connectivity index (χ2v) is 7.43. The van der Waals surface area contributed by atoms with Crippen LogP contribution in [0.2, 0.25) is 0 Å². The molecule has 3 aliphatic rings. The normalized spacial score (nSPS) is 19.9. The van der Waals surface area contributed by atoms with Gasteiger partial charge in [0.2, 0.25) is 6.79 Å². The van der Waals surface area contributed by atoms with Crippen LogP contribution in [0.3, 0.4) is 0 Å². The van der Waals surface area contributed by atoms with Crippen LogP contribution in [0, 0.1) is 0 Å². The Morgan fingerprint density at radius 3 is 2.63 bits per heavy atom. The van der Waals surface area contributed by atoms with Crippen molar-refractivity contribution >= 4 is 0 Å². The number of hydrogen-bond acceptors (Lipinski definition) is 5. The molecule has 2 aromatic rings. The molecular formula is C22H25NO4. The van der Waals surface area contributed by atoms with Crippen LogP contribution in [0.4, 0.5) is 0 Å². The minimum atomic E-state index is 0.326. The molecule has 5 heteroatoms. The highest BCUT2D eigenvalue weighted by Crippen LogP contribution is 2.46. The number of fused-ring (bicyclic) bond motifs is 5. The highest BCUT2D eigenvalue weighted by molar-refractivity contribution is 5.57. The first-order valence-electron chi connectivity index (χ1n) is 9.65. The summed E-state index contributed by atoms with van der Waals surface area (Å²) in [6.07, 6.45) is 2.97. The number of nitrogens with zero attached hydrogens (tertiary/aromatic N) is 1. The van der Waals surface area contributed by atoms with E-state index in [1.54, 1.807) is 14.2 Å². The predicted octanol–water partition coefficient (Wildman–Crippen LogP) is 3.65. The second-order valence-electron chi connectivity index (χ2n) is 7.43. The van der Waals surface area contributed by atoms with Crippen molar-refractivity contribution in [1.82, 2.24) is 4.90 Å². The Balaban J connectivity index is 1.60. The first-order valence-corrected chi connectivity index (χ1v) is 9.65. The van der Waals surface area contributed by atoms with E-state index >= 15 is 0 Å². The zero-order valence-corrected chi connectivity index (χ0v) is 16.1. The first-order chi connectivity index (χ1) is 13.2. The van der Waals surface area contributed by atoms with E-state index in [2.05, 4.69) is 30.0 Å². The number of benzene rings is 2. The molecule has 0 aliphatic carbocycles. The summed E-state index contributed by atoms with van der Waals surface area (Å²) in [5.41, 5.74) is 6.83. The smallest absolute Gasteiger partial charge is 0.231 e. The number of methoxy groups -OCH3 is 2. The molecule has 3 aliphatic heterocycles. The fourth-order valence-corrected chi connectivity index (χ4v) is 4.90. The molecule has 0 N–H and O–H groups in total. The van der Waals surface area contributed by atoms with E-state index < -0.39 is 0 Å². The fraction of sp³-hybridized carbons (Fsp3) is 0.455. The van der Waals surface area contributed by atoms with E-state index in [1.807, 2.05) is 0 Å². The molecule has 27 heavy (non-hydrogen) atoms. The molecule has 3 heterocycles. The minimum absolute atomic E-state index is 0.326. The van der Waals surface area contributed by atoms with Crippen LogP contribution in [0.25, 0.3) is 0 Å². The van der Waals surface area contributed by atoms with Gasteiger partial charge in [0.15, 0.2) is 23.0 Å². The summed E-state index contributed by atoms with van der Waals surface area (Å²) in [5.74, 6) is 3.49. The molecule has 0 saturated heterocycles. The third-order valence-corrected chi connectivity index (χ3v) is 6.21. The third kappa shape index (κ3) is 2.48. The molecule has 2 aromatic carbocycles. The quantitative estimate of drug-likeness (QED) is 0.828. The maximum Gasteiger partial charge on any atom is 0.231 e. The number of hydrogen-bond donors (Lipinski definition) is 0. The standard InChI is InChI=1S/C22H25NO4/c1-4-15-17-11-23-6-5-13-8-19-20(27-12-26-19)10-16(13)18(23)7-14(17)9-21(24-2)22(15)25-3/h8-10,18H,4-7,11-12H2,1-3H3/t18-/m0/s1. The van der Waals surface area contributed by atoms with Gasteiger partial charge in [0.05, 0.1) is 14.2 Å². The van der Waals surface area contributed by atoms with Gasteiger partial charge in [-0.3, -0.25) is 4.90 Å². The number of ether oxygens (including phenoxy) is 4. The molecule has 5 nitrogen and oxygen atoms in total. The summed E-state index contributed by atoms with van der Waals surface area (Å²) in [7, 11) is 3.45. The third-order valence-electron chi connectivity index (χ3n) is 6.21. The molecule has 0 radical (unpaired) electrons. The Morgan fingerprint density at radius 2 is 1.89 bits per heavy atom. The molecule has 0 bridgehead atoms. The van der Waals surface area contributed by atoms with Crippen molar-refractivity contribution in [3.63, 3.8) is 0 Å². The van der Waals surface area contributed by atoms with Crippen LogP contribution in [-0.2, 0) is 25.8 Å². The molecule has 0 unspecified atom stereocenters. The lowest BCUT2D eigenvalue weighted by Gasteiger charge is -2.42. The first kappa shape index (κ1) is 16.8. The van der Waals surface area contributed by atoms with Gasteiger partial charge in [-0.2, -0.15) is 0 Å². The Labute approximate surface area is 159 Å². The topological polar surface area (TPSA) is 40.2 Å². The van der Waals surface area contributed by atoms with Crippen molar-refractivity contribution in [3.05, 3.63) is 46.0 Å². The van der Waals surface area contributed by atoms with Crippen molar-refractivity contribution in [3.8, 4) is 23.0 Å². The average molecular weight is 367 g/mol. The lowest BCUT2D eigenvalue weighted by molar-refractivity contribution is 0.159. The highest BCUT2D eigenvalue weighted by atomic mass is 16.7. The van der Waals surface area contributed by atoms with Gasteiger partial charge >= 0.3 is 0 Å². The fourth-order valence-electron chi connectivity index (χ4n) is 4.90. The van der Waals surface area contributed by atoms with Crippen LogP contribution < -0.4 is 18.9 Å². The summed E-state index contributed by atoms with van der Waals surface area (Å²) >= 11 is 0. The Hall–Kier alpha value is -2.40. The molecular weight excluding hydrogens is 342 g/mol. The summed E-state index contributed by atoms with van der Waals surface area (Å²) in [4.78, 5) is 2.60. The van der Waals surface area contributed by atoms with Gasteiger partial charge < -0.3 is 18.9 Å². The van der Waals surface area contributed by atoms with Gasteiger partial charge in [-0.15, -0.1) is 0 Å². The Bertz CT molecular complexity index is 908. The van der Waals surface area contributed by atoms with Crippen LogP contribution >= 0.6 is 0 Å². The maximum absolute atomic E-state index is 5.69. The molecule has 0 saturated carbocycles. The van der Waals surface area contributed by atoms with E-state index in [9.17, 15) is 0 Å². The average Bonchev–Trinajstić information content (AvgIpc) is 3.16. The highest BCUT2D eigenvalue weighted by Gasteiger charge is 2.35. The molecule has 0 spiro atoms. The molecule has 142 valence electrons. The van der Waals surface area contributed by atoms with Crippen molar-refractivity contribution in [2.45, 2.75) is 38.8 Å². The van der Waals surface area contributed by atoms with Gasteiger partial charge in [-0.05, 0) is 59.7 Å². The number of rotatable bonds is 3. The summed E-state index contributed by atoms with van der Waals surface area (Å²) < 4.78 is 22.5. The Kier molecular flexibility index (Phi) is 3.93. The van der Waals surface area contributed by atoms with Gasteiger partial charge in [-0.1, -0.05) is 6.92 Å². The lowest BCUT2D eigenvalue weighted by Crippen LogP contribution is -2.39. The van der Waals surface area contributed by atoms with Crippen molar-refractivity contribution in [1.29, 1.82) is 0 Å². The van der Waals surface area contributed by atoms with Gasteiger partial charge in [0.25, 0.3) is 0 Å². The van der Waals surface area contributed by atoms with E-state index in [-0.39, 0.29) is 0 Å². The predicted molar refractivity (Wildman–Crippen MR) is 102 cm³/mol. The second kappa shape index (κ2) is 6.34. The summed E-state index contributed by atoms with van der Waals surface area (Å²) in [6.45, 7) is 4.54. The lowest BCUT2D eigenvalue weighted by atomic mass is 9.82. The largest absolute Gasteiger partial charge is 0.493 e. The van der Waals surface area contributed by atoms with Crippen molar-refractivity contribution in [2.24, 2.45) is 0 Å². The van der Waals surface area contributed by atoms with Crippen LogP contribution in [0.5, 0.6) is 23.0 Å². The molecule has 0 amide bonds. The van der Waals surface area contributed by atoms with Crippen molar-refractivity contribution in [2.75, 3.05) is 27.6 Å². The molecule has 0 fully saturated rings. The minimum Gasteiger partial charge on any atom is -0.493 e. The molecule has 0 aromatic heterocycles. The molecule has 5 rings (SSSR count). The van der Waals surface area contributed by atoms with E-state index in [0.29, 0.717) is 12.8 Å². The summed E-state index contributed by atoms with van der Waals surface area (Å²) in [5, 5.41) is 0. The SMILES string of the molecule is CCc1c2c(cc(OC)c1OC)C[C@H]1c3cc4c(cc3CCN1C2)OCO4. The monoisotopic (exact) mass is 367 g/mol. The van der Waals surface area contributed by atoms with E-state index in [1.165, 1.54) is 27.8 Å². The van der Waals surface area contributed by atoms with Crippen LogP contribution in [0.1, 0.15) is 40.8 Å². The van der Waals surface area contributed by atoms with Gasteiger partial charge in [0, 0.05) is 24.7 Å². The van der Waals surface area contributed by atoms with Crippen LogP contribution in [0.15, 0.2) is 18.2 Å². The van der Waals surface area contributed by atoms with E-state index in [0.717, 1.165) is 55.4 Å². The summed E-state index contributed by atoms with van der Waals surface area (Å²) in [6, 6.07) is 6.92.